The van der Waals surface area contributed by atoms with E-state index in [-0.39, 0.29) is 0 Å². The Bertz CT molecular complexity index is 519. The average molecular weight is 302 g/mol. The van der Waals surface area contributed by atoms with E-state index < -0.39 is 0 Å². The van der Waals surface area contributed by atoms with Crippen molar-refractivity contribution in [2.45, 2.75) is 32.9 Å². The summed E-state index contributed by atoms with van der Waals surface area (Å²) in [5, 5.41) is 0. The second kappa shape index (κ2) is 8.21. The predicted molar refractivity (Wildman–Crippen MR) is 91.8 cm³/mol. The van der Waals surface area contributed by atoms with Gasteiger partial charge >= 0.3 is 0 Å². The van der Waals surface area contributed by atoms with Gasteiger partial charge in [-0.2, -0.15) is 0 Å². The summed E-state index contributed by atoms with van der Waals surface area (Å²) in [6.07, 6.45) is 0. The van der Waals surface area contributed by atoms with Crippen LogP contribution in [0.4, 0.5) is 0 Å². The van der Waals surface area contributed by atoms with E-state index in [9.17, 15) is 0 Å². The second-order valence-corrected chi connectivity index (χ2v) is 6.16. The zero-order valence-electron chi connectivity index (χ0n) is 12.9. The van der Waals surface area contributed by atoms with E-state index in [4.69, 9.17) is 11.6 Å². The summed E-state index contributed by atoms with van der Waals surface area (Å²) in [7, 11) is 0. The van der Waals surface area contributed by atoms with E-state index in [1.54, 1.807) is 0 Å². The highest BCUT2D eigenvalue weighted by Crippen LogP contribution is 2.16. The fraction of sp³-hybridized carbons (Fsp3) is 0.368. The van der Waals surface area contributed by atoms with Crippen molar-refractivity contribution in [3.05, 3.63) is 71.3 Å². The molecular formula is C19H24ClN. The first-order valence-electron chi connectivity index (χ1n) is 7.60. The molecule has 2 rings (SSSR count). The van der Waals surface area contributed by atoms with Crippen molar-refractivity contribution in [3.63, 3.8) is 0 Å². The molecule has 0 N–H and O–H groups in total. The maximum atomic E-state index is 5.95. The van der Waals surface area contributed by atoms with Crippen LogP contribution in [0.15, 0.2) is 54.6 Å². The standard InChI is InChI=1S/C19H24ClN/c1-16(2)19-10-8-18(9-11-19)15-21(13-12-20)14-17-6-4-3-5-7-17/h3-11,16H,12-15H2,1-2H3. The molecule has 0 aromatic heterocycles. The number of hydrogen-bond donors (Lipinski definition) is 0. The van der Waals surface area contributed by atoms with E-state index in [2.05, 4.69) is 73.3 Å². The molecule has 2 aromatic rings. The summed E-state index contributed by atoms with van der Waals surface area (Å²) in [5.74, 6) is 1.25. The van der Waals surface area contributed by atoms with Crippen molar-refractivity contribution < 1.29 is 0 Å². The van der Waals surface area contributed by atoms with Crippen molar-refractivity contribution in [2.24, 2.45) is 0 Å². The molecule has 2 heteroatoms. The maximum Gasteiger partial charge on any atom is 0.0351 e. The van der Waals surface area contributed by atoms with Crippen molar-refractivity contribution >= 4 is 11.6 Å². The lowest BCUT2D eigenvalue weighted by atomic mass is 10.0. The lowest BCUT2D eigenvalue weighted by Crippen LogP contribution is -2.24. The molecule has 1 nitrogen and oxygen atoms in total. The van der Waals surface area contributed by atoms with Crippen molar-refractivity contribution in [1.29, 1.82) is 0 Å². The van der Waals surface area contributed by atoms with Gasteiger partial charge < -0.3 is 0 Å². The Morgan fingerprint density at radius 2 is 1.43 bits per heavy atom. The van der Waals surface area contributed by atoms with Crippen LogP contribution < -0.4 is 0 Å². The molecule has 21 heavy (non-hydrogen) atoms. The van der Waals surface area contributed by atoms with Crippen LogP contribution in [0.2, 0.25) is 0 Å². The summed E-state index contributed by atoms with van der Waals surface area (Å²) in [4.78, 5) is 2.40. The molecule has 0 atom stereocenters. The monoisotopic (exact) mass is 301 g/mol. The van der Waals surface area contributed by atoms with Crippen LogP contribution in [-0.4, -0.2) is 17.3 Å². The fourth-order valence-corrected chi connectivity index (χ4v) is 2.68. The first kappa shape index (κ1) is 16.1. The molecule has 0 aliphatic heterocycles. The Hall–Kier alpha value is -1.31. The summed E-state index contributed by atoms with van der Waals surface area (Å²) < 4.78 is 0. The third kappa shape index (κ3) is 5.18. The zero-order valence-corrected chi connectivity index (χ0v) is 13.7. The van der Waals surface area contributed by atoms with Crippen LogP contribution in [0.25, 0.3) is 0 Å². The van der Waals surface area contributed by atoms with Crippen LogP contribution in [-0.2, 0) is 13.1 Å². The minimum absolute atomic E-state index is 0.585. The second-order valence-electron chi connectivity index (χ2n) is 5.78. The Kier molecular flexibility index (Phi) is 6.28. The van der Waals surface area contributed by atoms with Gasteiger partial charge in [0.25, 0.3) is 0 Å². The Balaban J connectivity index is 2.02. The van der Waals surface area contributed by atoms with Gasteiger partial charge in [0.1, 0.15) is 0 Å². The number of hydrogen-bond acceptors (Lipinski definition) is 1. The van der Waals surface area contributed by atoms with Gasteiger partial charge in [0.05, 0.1) is 0 Å². The molecule has 112 valence electrons. The van der Waals surface area contributed by atoms with Gasteiger partial charge in [0.2, 0.25) is 0 Å². The molecule has 0 fully saturated rings. The summed E-state index contributed by atoms with van der Waals surface area (Å²) >= 11 is 5.95. The molecule has 0 saturated heterocycles. The molecule has 0 aliphatic carbocycles. The highest BCUT2D eigenvalue weighted by Gasteiger charge is 2.07. The molecule has 0 aliphatic rings. The quantitative estimate of drug-likeness (QED) is 0.647. The van der Waals surface area contributed by atoms with E-state index in [0.29, 0.717) is 11.8 Å². The Morgan fingerprint density at radius 3 is 1.95 bits per heavy atom. The first-order chi connectivity index (χ1) is 10.2. The number of rotatable bonds is 7. The van der Waals surface area contributed by atoms with Crippen molar-refractivity contribution in [2.75, 3.05) is 12.4 Å². The highest BCUT2D eigenvalue weighted by molar-refractivity contribution is 6.18. The van der Waals surface area contributed by atoms with Gasteiger partial charge in [-0.15, -0.1) is 11.6 Å². The van der Waals surface area contributed by atoms with Gasteiger partial charge in [0, 0.05) is 25.5 Å². The normalized spacial score (nSPS) is 11.3. The minimum atomic E-state index is 0.585. The van der Waals surface area contributed by atoms with Crippen LogP contribution in [0, 0.1) is 0 Å². The lowest BCUT2D eigenvalue weighted by molar-refractivity contribution is 0.273. The highest BCUT2D eigenvalue weighted by atomic mass is 35.5. The third-order valence-corrected chi connectivity index (χ3v) is 3.87. The SMILES string of the molecule is CC(C)c1ccc(CN(CCCl)Cc2ccccc2)cc1. The van der Waals surface area contributed by atoms with E-state index >= 15 is 0 Å². The van der Waals surface area contributed by atoms with E-state index in [1.165, 1.54) is 16.7 Å². The first-order valence-corrected chi connectivity index (χ1v) is 8.13. The van der Waals surface area contributed by atoms with Crippen LogP contribution in [0.3, 0.4) is 0 Å². The van der Waals surface area contributed by atoms with Crippen molar-refractivity contribution in [1.82, 2.24) is 4.90 Å². The average Bonchev–Trinajstić information content (AvgIpc) is 2.49. The molecule has 0 unspecified atom stereocenters. The zero-order chi connectivity index (χ0) is 15.1. The van der Waals surface area contributed by atoms with Crippen molar-refractivity contribution in [3.8, 4) is 0 Å². The molecule has 0 heterocycles. The molecule has 0 radical (unpaired) electrons. The minimum Gasteiger partial charge on any atom is -0.294 e. The maximum absolute atomic E-state index is 5.95. The van der Waals surface area contributed by atoms with Gasteiger partial charge in [-0.25, -0.2) is 0 Å². The lowest BCUT2D eigenvalue weighted by Gasteiger charge is -2.21. The van der Waals surface area contributed by atoms with Gasteiger partial charge in [-0.3, -0.25) is 4.90 Å². The molecule has 0 amide bonds. The molecular weight excluding hydrogens is 278 g/mol. The number of halogens is 1. The molecule has 2 aromatic carbocycles. The Labute approximate surface area is 133 Å². The van der Waals surface area contributed by atoms with Crippen LogP contribution in [0.5, 0.6) is 0 Å². The summed E-state index contributed by atoms with van der Waals surface area (Å²) in [6, 6.07) is 19.5. The predicted octanol–water partition coefficient (Wildman–Crippen LogP) is 5.05. The number of benzene rings is 2. The fourth-order valence-electron chi connectivity index (χ4n) is 2.44. The Morgan fingerprint density at radius 1 is 0.857 bits per heavy atom. The van der Waals surface area contributed by atoms with E-state index in [1.807, 2.05) is 0 Å². The number of alkyl halides is 1. The molecule has 0 saturated carbocycles. The summed E-state index contributed by atoms with van der Waals surface area (Å²) in [6.45, 7) is 7.25. The molecule has 0 bridgehead atoms. The van der Waals surface area contributed by atoms with Crippen LogP contribution >= 0.6 is 11.6 Å². The largest absolute Gasteiger partial charge is 0.294 e. The topological polar surface area (TPSA) is 3.24 Å². The van der Waals surface area contributed by atoms with Gasteiger partial charge in [-0.1, -0.05) is 68.4 Å². The van der Waals surface area contributed by atoms with Gasteiger partial charge in [-0.05, 0) is 22.6 Å². The smallest absolute Gasteiger partial charge is 0.0351 e. The number of nitrogens with zero attached hydrogens (tertiary/aromatic N) is 1. The third-order valence-electron chi connectivity index (χ3n) is 3.70. The van der Waals surface area contributed by atoms with Gasteiger partial charge in [0.15, 0.2) is 0 Å². The molecule has 0 spiro atoms. The van der Waals surface area contributed by atoms with Crippen LogP contribution in [0.1, 0.15) is 36.5 Å². The van der Waals surface area contributed by atoms with E-state index in [0.717, 1.165) is 19.6 Å². The summed E-state index contributed by atoms with van der Waals surface area (Å²) in [5.41, 5.74) is 4.08.